The zero-order valence-electron chi connectivity index (χ0n) is 12.0. The summed E-state index contributed by atoms with van der Waals surface area (Å²) in [6, 6.07) is 24.6. The number of anilines is 1. The summed E-state index contributed by atoms with van der Waals surface area (Å²) in [5.41, 5.74) is 6.85. The summed E-state index contributed by atoms with van der Waals surface area (Å²) in [6.45, 7) is 0. The van der Waals surface area contributed by atoms with E-state index in [1.807, 2.05) is 48.5 Å². The number of benzene rings is 2. The molecule has 0 fully saturated rings. The molecule has 108 valence electrons. The Morgan fingerprint density at radius 2 is 1.55 bits per heavy atom. The summed E-state index contributed by atoms with van der Waals surface area (Å²) in [5.74, 6) is 0.919. The number of rotatable bonds is 3. The second kappa shape index (κ2) is 5.45. The van der Waals surface area contributed by atoms with Gasteiger partial charge in [0.1, 0.15) is 11.8 Å². The van der Waals surface area contributed by atoms with Crippen LogP contribution in [0, 0.1) is 0 Å². The van der Waals surface area contributed by atoms with Gasteiger partial charge in [0.2, 0.25) is 0 Å². The highest BCUT2D eigenvalue weighted by atomic mass is 16.3. The Bertz CT molecular complexity index is 764. The van der Waals surface area contributed by atoms with Gasteiger partial charge in [-0.2, -0.15) is 0 Å². The lowest BCUT2D eigenvalue weighted by Crippen LogP contribution is -2.33. The first kappa shape index (κ1) is 12.8. The van der Waals surface area contributed by atoms with E-state index in [2.05, 4.69) is 40.8 Å². The van der Waals surface area contributed by atoms with Crippen molar-refractivity contribution in [2.75, 3.05) is 5.01 Å². The molecule has 3 nitrogen and oxygen atoms in total. The number of para-hydroxylation sites is 1. The van der Waals surface area contributed by atoms with Crippen molar-refractivity contribution in [2.45, 2.75) is 6.04 Å². The molecule has 22 heavy (non-hydrogen) atoms. The zero-order valence-corrected chi connectivity index (χ0v) is 12.0. The molecular weight excluding hydrogens is 272 g/mol. The summed E-state index contributed by atoms with van der Waals surface area (Å²) in [4.78, 5) is 0. The minimum atomic E-state index is 0.0348. The average Bonchev–Trinajstić information content (AvgIpc) is 3.26. The molecule has 1 aromatic heterocycles. The SMILES string of the molecule is C1=C(c2ccccc2)NN(c2ccccc2)C1c1ccco1. The fourth-order valence-corrected chi connectivity index (χ4v) is 2.73. The minimum Gasteiger partial charge on any atom is -0.467 e. The average molecular weight is 288 g/mol. The highest BCUT2D eigenvalue weighted by Gasteiger charge is 2.28. The van der Waals surface area contributed by atoms with Crippen LogP contribution in [0.4, 0.5) is 5.69 Å². The third kappa shape index (κ3) is 2.27. The Labute approximate surface area is 129 Å². The van der Waals surface area contributed by atoms with Gasteiger partial charge in [0, 0.05) is 0 Å². The van der Waals surface area contributed by atoms with E-state index in [1.54, 1.807) is 6.26 Å². The lowest BCUT2D eigenvalue weighted by atomic mass is 10.1. The summed E-state index contributed by atoms with van der Waals surface area (Å²) < 4.78 is 5.63. The van der Waals surface area contributed by atoms with Crippen LogP contribution in [-0.4, -0.2) is 0 Å². The van der Waals surface area contributed by atoms with Crippen LogP contribution in [0.5, 0.6) is 0 Å². The van der Waals surface area contributed by atoms with E-state index >= 15 is 0 Å². The third-order valence-electron chi connectivity index (χ3n) is 3.80. The molecule has 1 unspecified atom stereocenters. The zero-order chi connectivity index (χ0) is 14.8. The number of hydrogen-bond acceptors (Lipinski definition) is 3. The molecule has 2 heterocycles. The van der Waals surface area contributed by atoms with Gasteiger partial charge in [-0.1, -0.05) is 48.5 Å². The number of hydrazine groups is 1. The maximum atomic E-state index is 5.63. The van der Waals surface area contributed by atoms with Crippen molar-refractivity contribution in [2.24, 2.45) is 0 Å². The molecule has 4 rings (SSSR count). The summed E-state index contributed by atoms with van der Waals surface area (Å²) in [5, 5.41) is 2.13. The quantitative estimate of drug-likeness (QED) is 0.775. The monoisotopic (exact) mass is 288 g/mol. The second-order valence-electron chi connectivity index (χ2n) is 5.22. The van der Waals surface area contributed by atoms with Crippen LogP contribution in [0.25, 0.3) is 5.70 Å². The fraction of sp³-hybridized carbons (Fsp3) is 0.0526. The molecule has 0 saturated carbocycles. The highest BCUT2D eigenvalue weighted by molar-refractivity contribution is 5.71. The standard InChI is InChI=1S/C19H16N2O/c1-3-8-15(9-4-1)17-14-18(19-12-7-13-22-19)21(20-17)16-10-5-2-6-11-16/h1-14,18,20H. The van der Waals surface area contributed by atoms with Gasteiger partial charge in [-0.05, 0) is 35.9 Å². The molecule has 1 N–H and O–H groups in total. The third-order valence-corrected chi connectivity index (χ3v) is 3.80. The van der Waals surface area contributed by atoms with Crippen LogP contribution in [0.2, 0.25) is 0 Å². The Kier molecular flexibility index (Phi) is 3.16. The van der Waals surface area contributed by atoms with Gasteiger partial charge in [0.25, 0.3) is 0 Å². The van der Waals surface area contributed by atoms with E-state index in [0.717, 1.165) is 22.7 Å². The molecule has 1 aliphatic rings. The summed E-state index contributed by atoms with van der Waals surface area (Å²) in [6.07, 6.45) is 3.91. The van der Waals surface area contributed by atoms with Crippen molar-refractivity contribution in [3.05, 3.63) is 96.5 Å². The maximum Gasteiger partial charge on any atom is 0.132 e. The highest BCUT2D eigenvalue weighted by Crippen LogP contribution is 2.34. The first-order valence-electron chi connectivity index (χ1n) is 7.33. The Balaban J connectivity index is 1.74. The molecule has 0 radical (unpaired) electrons. The van der Waals surface area contributed by atoms with Crippen molar-refractivity contribution in [1.29, 1.82) is 0 Å². The van der Waals surface area contributed by atoms with Crippen molar-refractivity contribution in [1.82, 2.24) is 5.43 Å². The fourth-order valence-electron chi connectivity index (χ4n) is 2.73. The van der Waals surface area contributed by atoms with Crippen molar-refractivity contribution >= 4 is 11.4 Å². The molecule has 1 atom stereocenters. The van der Waals surface area contributed by atoms with Crippen LogP contribution < -0.4 is 10.4 Å². The van der Waals surface area contributed by atoms with Crippen molar-refractivity contribution in [3.63, 3.8) is 0 Å². The number of nitrogens with one attached hydrogen (secondary N) is 1. The normalized spacial score (nSPS) is 17.2. The minimum absolute atomic E-state index is 0.0348. The smallest absolute Gasteiger partial charge is 0.132 e. The van der Waals surface area contributed by atoms with Gasteiger partial charge in [-0.25, -0.2) is 0 Å². The molecule has 0 aliphatic carbocycles. The first-order chi connectivity index (χ1) is 10.9. The molecule has 2 aromatic carbocycles. The molecule has 3 aromatic rings. The lowest BCUT2D eigenvalue weighted by molar-refractivity contribution is 0.481. The van der Waals surface area contributed by atoms with Gasteiger partial charge < -0.3 is 4.42 Å². The van der Waals surface area contributed by atoms with Gasteiger partial charge in [0.05, 0.1) is 17.6 Å². The number of nitrogens with zero attached hydrogens (tertiary/aromatic N) is 1. The van der Waals surface area contributed by atoms with E-state index in [1.165, 1.54) is 0 Å². The molecule has 1 aliphatic heterocycles. The summed E-state index contributed by atoms with van der Waals surface area (Å²) in [7, 11) is 0. The number of furan rings is 1. The van der Waals surface area contributed by atoms with Gasteiger partial charge in [-0.15, -0.1) is 0 Å². The Hall–Kier alpha value is -2.94. The molecule has 0 saturated heterocycles. The van der Waals surface area contributed by atoms with Crippen molar-refractivity contribution in [3.8, 4) is 0 Å². The Morgan fingerprint density at radius 3 is 2.23 bits per heavy atom. The number of hydrogen-bond donors (Lipinski definition) is 1. The lowest BCUT2D eigenvalue weighted by Gasteiger charge is -2.26. The largest absolute Gasteiger partial charge is 0.467 e. The first-order valence-corrected chi connectivity index (χ1v) is 7.33. The predicted molar refractivity (Wildman–Crippen MR) is 87.9 cm³/mol. The van der Waals surface area contributed by atoms with E-state index in [4.69, 9.17) is 4.42 Å². The topological polar surface area (TPSA) is 28.4 Å². The molecule has 3 heteroatoms. The van der Waals surface area contributed by atoms with E-state index in [0.29, 0.717) is 0 Å². The van der Waals surface area contributed by atoms with Crippen LogP contribution >= 0.6 is 0 Å². The molecular formula is C19H16N2O. The maximum absolute atomic E-state index is 5.63. The molecule has 0 bridgehead atoms. The van der Waals surface area contributed by atoms with Crippen LogP contribution in [0.1, 0.15) is 17.4 Å². The molecule has 0 spiro atoms. The second-order valence-corrected chi connectivity index (χ2v) is 5.22. The van der Waals surface area contributed by atoms with Gasteiger partial charge in [0.15, 0.2) is 0 Å². The Morgan fingerprint density at radius 1 is 0.818 bits per heavy atom. The van der Waals surface area contributed by atoms with Crippen molar-refractivity contribution < 1.29 is 4.42 Å². The molecule has 0 amide bonds. The van der Waals surface area contributed by atoms with E-state index in [9.17, 15) is 0 Å². The predicted octanol–water partition coefficient (Wildman–Crippen LogP) is 4.39. The van der Waals surface area contributed by atoms with Gasteiger partial charge >= 0.3 is 0 Å². The van der Waals surface area contributed by atoms with Crippen LogP contribution in [0.15, 0.2) is 89.6 Å². The van der Waals surface area contributed by atoms with E-state index < -0.39 is 0 Å². The van der Waals surface area contributed by atoms with Gasteiger partial charge in [-0.3, -0.25) is 10.4 Å². The summed E-state index contributed by atoms with van der Waals surface area (Å²) >= 11 is 0. The van der Waals surface area contributed by atoms with E-state index in [-0.39, 0.29) is 6.04 Å². The van der Waals surface area contributed by atoms with Crippen LogP contribution in [0.3, 0.4) is 0 Å². The van der Waals surface area contributed by atoms with Crippen LogP contribution in [-0.2, 0) is 0 Å².